The highest BCUT2D eigenvalue weighted by molar-refractivity contribution is 7.97. The van der Waals surface area contributed by atoms with Crippen molar-refractivity contribution in [1.82, 2.24) is 19.5 Å². The quantitative estimate of drug-likeness (QED) is 0.400. The monoisotopic (exact) mass is 420 g/mol. The summed E-state index contributed by atoms with van der Waals surface area (Å²) in [5.41, 5.74) is 5.00. The van der Waals surface area contributed by atoms with Crippen molar-refractivity contribution < 1.29 is 0 Å². The summed E-state index contributed by atoms with van der Waals surface area (Å²) in [6.07, 6.45) is 1.74. The van der Waals surface area contributed by atoms with Gasteiger partial charge in [-0.1, -0.05) is 6.07 Å². The SMILES string of the molecule is CNc1nc2cc(N(C)c3ccnc(Nc4ccc(C)c(SN)c4)n3)ccc2n1C. The molecule has 0 aliphatic heterocycles. The zero-order chi connectivity index (χ0) is 21.3. The molecule has 4 N–H and O–H groups in total. The van der Waals surface area contributed by atoms with Crippen LogP contribution in [0.15, 0.2) is 53.6 Å². The summed E-state index contributed by atoms with van der Waals surface area (Å²) in [4.78, 5) is 16.7. The van der Waals surface area contributed by atoms with Crippen LogP contribution >= 0.6 is 11.9 Å². The smallest absolute Gasteiger partial charge is 0.229 e. The highest BCUT2D eigenvalue weighted by atomic mass is 32.2. The summed E-state index contributed by atoms with van der Waals surface area (Å²) in [6.45, 7) is 2.03. The summed E-state index contributed by atoms with van der Waals surface area (Å²) in [5, 5.41) is 12.1. The van der Waals surface area contributed by atoms with Gasteiger partial charge in [-0.25, -0.2) is 9.97 Å². The molecule has 0 radical (unpaired) electrons. The van der Waals surface area contributed by atoms with E-state index in [2.05, 4.69) is 43.8 Å². The van der Waals surface area contributed by atoms with E-state index in [4.69, 9.17) is 5.14 Å². The minimum absolute atomic E-state index is 0.521. The van der Waals surface area contributed by atoms with E-state index >= 15 is 0 Å². The van der Waals surface area contributed by atoms with E-state index in [1.807, 2.05) is 61.8 Å². The first kappa shape index (κ1) is 20.0. The fraction of sp³-hybridized carbons (Fsp3) is 0.190. The maximum Gasteiger partial charge on any atom is 0.229 e. The predicted octanol–water partition coefficient (Wildman–Crippen LogP) is 4.19. The van der Waals surface area contributed by atoms with E-state index in [0.717, 1.165) is 44.6 Å². The van der Waals surface area contributed by atoms with Gasteiger partial charge in [0.05, 0.1) is 11.0 Å². The molecule has 30 heavy (non-hydrogen) atoms. The highest BCUT2D eigenvalue weighted by Gasteiger charge is 2.12. The fourth-order valence-corrected chi connectivity index (χ4v) is 3.73. The van der Waals surface area contributed by atoms with Crippen molar-refractivity contribution >= 4 is 52.1 Å². The standard InChI is InChI=1S/C21H24N8S/c1-13-5-6-14(11-18(13)30-22)25-20-24-10-9-19(27-20)28(3)15-7-8-17-16(12-15)26-21(23-2)29(17)4/h5-12H,22H2,1-4H3,(H,23,26)(H,24,25,27). The third-order valence-corrected chi connectivity index (χ3v) is 5.72. The normalized spacial score (nSPS) is 11.0. The van der Waals surface area contributed by atoms with E-state index < -0.39 is 0 Å². The number of aromatic nitrogens is 4. The number of rotatable bonds is 6. The van der Waals surface area contributed by atoms with E-state index in [1.54, 1.807) is 6.20 Å². The van der Waals surface area contributed by atoms with Crippen LogP contribution in [0, 0.1) is 6.92 Å². The lowest BCUT2D eigenvalue weighted by molar-refractivity contribution is 0.952. The Morgan fingerprint density at radius 2 is 1.93 bits per heavy atom. The molecule has 2 heterocycles. The molecule has 8 nitrogen and oxygen atoms in total. The number of nitrogens with one attached hydrogen (secondary N) is 2. The Balaban J connectivity index is 1.61. The highest BCUT2D eigenvalue weighted by Crippen LogP contribution is 2.28. The van der Waals surface area contributed by atoms with Crippen LogP contribution in [0.1, 0.15) is 5.56 Å². The molecule has 0 fully saturated rings. The summed E-state index contributed by atoms with van der Waals surface area (Å²) in [6, 6.07) is 14.1. The number of nitrogens with zero attached hydrogens (tertiary/aromatic N) is 5. The summed E-state index contributed by atoms with van der Waals surface area (Å²) >= 11 is 1.23. The van der Waals surface area contributed by atoms with Crippen molar-refractivity contribution in [3.8, 4) is 0 Å². The van der Waals surface area contributed by atoms with Crippen molar-refractivity contribution in [3.05, 3.63) is 54.2 Å². The Morgan fingerprint density at radius 1 is 1.10 bits per heavy atom. The molecule has 2 aromatic carbocycles. The van der Waals surface area contributed by atoms with Gasteiger partial charge in [0.1, 0.15) is 5.82 Å². The minimum atomic E-state index is 0.521. The zero-order valence-electron chi connectivity index (χ0n) is 17.3. The van der Waals surface area contributed by atoms with E-state index in [-0.39, 0.29) is 0 Å². The lowest BCUT2D eigenvalue weighted by Crippen LogP contribution is -2.12. The Bertz CT molecular complexity index is 1200. The Morgan fingerprint density at radius 3 is 2.70 bits per heavy atom. The van der Waals surface area contributed by atoms with Crippen LogP contribution < -0.4 is 20.7 Å². The van der Waals surface area contributed by atoms with Crippen molar-refractivity contribution in [2.45, 2.75) is 11.8 Å². The summed E-state index contributed by atoms with van der Waals surface area (Å²) in [5.74, 6) is 2.12. The molecule has 0 bridgehead atoms. The second-order valence-electron chi connectivity index (χ2n) is 6.94. The van der Waals surface area contributed by atoms with Crippen LogP contribution in [-0.2, 0) is 7.05 Å². The van der Waals surface area contributed by atoms with Crippen LogP contribution in [0.3, 0.4) is 0 Å². The van der Waals surface area contributed by atoms with Crippen molar-refractivity contribution in [2.24, 2.45) is 12.2 Å². The van der Waals surface area contributed by atoms with E-state index in [0.29, 0.717) is 5.95 Å². The van der Waals surface area contributed by atoms with Crippen LogP contribution in [0.25, 0.3) is 11.0 Å². The van der Waals surface area contributed by atoms with Gasteiger partial charge in [0.15, 0.2) is 0 Å². The molecular formula is C21H24N8S. The molecule has 4 aromatic rings. The van der Waals surface area contributed by atoms with Crippen LogP contribution in [0.4, 0.5) is 29.1 Å². The largest absolute Gasteiger partial charge is 0.359 e. The number of benzene rings is 2. The van der Waals surface area contributed by atoms with Gasteiger partial charge in [-0.3, -0.25) is 5.14 Å². The number of aryl methyl sites for hydroxylation is 2. The number of nitrogens with two attached hydrogens (primary N) is 1. The molecule has 4 rings (SSSR count). The van der Waals surface area contributed by atoms with Gasteiger partial charge < -0.3 is 20.1 Å². The molecule has 0 atom stereocenters. The van der Waals surface area contributed by atoms with Gasteiger partial charge >= 0.3 is 0 Å². The molecular weight excluding hydrogens is 396 g/mol. The Labute approximate surface area is 179 Å². The lowest BCUT2D eigenvalue weighted by Gasteiger charge is -2.19. The predicted molar refractivity (Wildman–Crippen MR) is 125 cm³/mol. The van der Waals surface area contributed by atoms with Gasteiger partial charge in [-0.15, -0.1) is 0 Å². The number of imidazole rings is 1. The molecule has 2 aromatic heterocycles. The molecule has 154 valence electrons. The van der Waals surface area contributed by atoms with Gasteiger partial charge in [-0.2, -0.15) is 4.98 Å². The van der Waals surface area contributed by atoms with E-state index in [1.165, 1.54) is 11.9 Å². The van der Waals surface area contributed by atoms with Crippen molar-refractivity contribution in [1.29, 1.82) is 0 Å². The van der Waals surface area contributed by atoms with Crippen LogP contribution in [0.2, 0.25) is 0 Å². The van der Waals surface area contributed by atoms with Crippen LogP contribution in [-0.4, -0.2) is 33.6 Å². The molecule has 9 heteroatoms. The van der Waals surface area contributed by atoms with Crippen molar-refractivity contribution in [3.63, 3.8) is 0 Å². The number of anilines is 5. The summed E-state index contributed by atoms with van der Waals surface area (Å²) in [7, 11) is 5.84. The molecule has 0 aliphatic carbocycles. The van der Waals surface area contributed by atoms with Crippen molar-refractivity contribution in [2.75, 3.05) is 29.6 Å². The maximum absolute atomic E-state index is 5.74. The molecule has 0 spiro atoms. The second kappa shape index (κ2) is 8.21. The second-order valence-corrected chi connectivity index (χ2v) is 7.61. The average Bonchev–Trinajstić information content (AvgIpc) is 3.09. The number of hydrogen-bond acceptors (Lipinski definition) is 8. The van der Waals surface area contributed by atoms with Gasteiger partial charge in [0.2, 0.25) is 11.9 Å². The molecule has 0 saturated carbocycles. The zero-order valence-corrected chi connectivity index (χ0v) is 18.2. The summed E-state index contributed by atoms with van der Waals surface area (Å²) < 4.78 is 2.03. The van der Waals surface area contributed by atoms with Gasteiger partial charge in [0, 0.05) is 43.6 Å². The molecule has 0 saturated heterocycles. The first-order valence-corrected chi connectivity index (χ1v) is 10.3. The lowest BCUT2D eigenvalue weighted by atomic mass is 10.2. The molecule has 0 amide bonds. The Kier molecular flexibility index (Phi) is 5.47. The third kappa shape index (κ3) is 3.77. The van der Waals surface area contributed by atoms with Gasteiger partial charge in [-0.05, 0) is 60.8 Å². The topological polar surface area (TPSA) is 96.9 Å². The average molecular weight is 421 g/mol. The number of hydrogen-bond donors (Lipinski definition) is 3. The maximum atomic E-state index is 5.74. The third-order valence-electron chi connectivity index (χ3n) is 5.03. The Hall–Kier alpha value is -3.30. The fourth-order valence-electron chi connectivity index (χ4n) is 3.28. The first-order valence-electron chi connectivity index (χ1n) is 9.45. The molecule has 0 aliphatic rings. The van der Waals surface area contributed by atoms with Gasteiger partial charge in [0.25, 0.3) is 0 Å². The minimum Gasteiger partial charge on any atom is -0.359 e. The van der Waals surface area contributed by atoms with Crippen LogP contribution in [0.5, 0.6) is 0 Å². The molecule has 0 unspecified atom stereocenters. The first-order chi connectivity index (χ1) is 14.5. The number of fused-ring (bicyclic) bond motifs is 1. The van der Waals surface area contributed by atoms with E-state index in [9.17, 15) is 0 Å².